The van der Waals surface area contributed by atoms with Crippen LogP contribution in [0.1, 0.15) is 5.56 Å². The smallest absolute Gasteiger partial charge is 0.239 e. The average Bonchev–Trinajstić information content (AvgIpc) is 2.55. The van der Waals surface area contributed by atoms with Gasteiger partial charge in [-0.1, -0.05) is 23.7 Å². The number of carbonyl (C=O) groups is 1. The minimum absolute atomic E-state index is 0.126. The van der Waals surface area contributed by atoms with E-state index in [9.17, 15) is 9.18 Å². The molecule has 2 N–H and O–H groups in total. The van der Waals surface area contributed by atoms with Crippen molar-refractivity contribution in [2.75, 3.05) is 25.5 Å². The zero-order valence-corrected chi connectivity index (χ0v) is 13.5. The van der Waals surface area contributed by atoms with Crippen molar-refractivity contribution in [2.24, 2.45) is 0 Å². The van der Waals surface area contributed by atoms with Crippen molar-refractivity contribution in [3.05, 3.63) is 58.9 Å². The molecule has 2 aromatic carbocycles. The Morgan fingerprint density at radius 1 is 1.22 bits per heavy atom. The van der Waals surface area contributed by atoms with Gasteiger partial charge in [0.15, 0.2) is 0 Å². The first-order chi connectivity index (χ1) is 11.1. The summed E-state index contributed by atoms with van der Waals surface area (Å²) >= 11 is 6.02. The Balaban J connectivity index is 1.72. The van der Waals surface area contributed by atoms with Crippen LogP contribution < -0.4 is 15.4 Å². The van der Waals surface area contributed by atoms with Crippen LogP contribution in [-0.4, -0.2) is 26.1 Å². The summed E-state index contributed by atoms with van der Waals surface area (Å²) in [5.74, 6) is 0.195. The second-order valence-electron chi connectivity index (χ2n) is 4.93. The SMILES string of the molecule is COc1ccc(NCC(=O)NCCc2ccc(F)cc2)cc1Cl. The number of anilines is 1. The Labute approximate surface area is 139 Å². The number of amides is 1. The normalized spacial score (nSPS) is 10.2. The van der Waals surface area contributed by atoms with Crippen molar-refractivity contribution >= 4 is 23.2 Å². The fraction of sp³-hybridized carbons (Fsp3) is 0.235. The van der Waals surface area contributed by atoms with Gasteiger partial charge in [0, 0.05) is 12.2 Å². The summed E-state index contributed by atoms with van der Waals surface area (Å²) in [6.45, 7) is 0.640. The molecule has 0 radical (unpaired) electrons. The fourth-order valence-electron chi connectivity index (χ4n) is 2.02. The van der Waals surface area contributed by atoms with E-state index < -0.39 is 0 Å². The van der Waals surface area contributed by atoms with E-state index in [0.717, 1.165) is 11.3 Å². The van der Waals surface area contributed by atoms with E-state index in [4.69, 9.17) is 16.3 Å². The van der Waals surface area contributed by atoms with Crippen molar-refractivity contribution in [1.29, 1.82) is 0 Å². The first-order valence-corrected chi connectivity index (χ1v) is 7.55. The average molecular weight is 337 g/mol. The van der Waals surface area contributed by atoms with E-state index >= 15 is 0 Å². The summed E-state index contributed by atoms with van der Waals surface area (Å²) in [6, 6.07) is 11.5. The number of halogens is 2. The van der Waals surface area contributed by atoms with E-state index in [1.807, 2.05) is 0 Å². The van der Waals surface area contributed by atoms with Crippen LogP contribution in [0.4, 0.5) is 10.1 Å². The Bertz CT molecular complexity index is 662. The molecule has 0 fully saturated rings. The maximum Gasteiger partial charge on any atom is 0.239 e. The van der Waals surface area contributed by atoms with Gasteiger partial charge in [-0.2, -0.15) is 0 Å². The zero-order chi connectivity index (χ0) is 16.7. The lowest BCUT2D eigenvalue weighted by molar-refractivity contribution is -0.119. The third-order valence-corrected chi connectivity index (χ3v) is 3.55. The number of ether oxygens (including phenoxy) is 1. The highest BCUT2D eigenvalue weighted by molar-refractivity contribution is 6.32. The predicted octanol–water partition coefficient (Wildman–Crippen LogP) is 3.26. The molecule has 0 spiro atoms. The quantitative estimate of drug-likeness (QED) is 0.816. The largest absolute Gasteiger partial charge is 0.495 e. The van der Waals surface area contributed by atoms with Crippen LogP contribution in [0.3, 0.4) is 0 Å². The van der Waals surface area contributed by atoms with E-state index in [2.05, 4.69) is 10.6 Å². The molecular weight excluding hydrogens is 319 g/mol. The second kappa shape index (κ2) is 8.39. The van der Waals surface area contributed by atoms with Gasteiger partial charge >= 0.3 is 0 Å². The highest BCUT2D eigenvalue weighted by atomic mass is 35.5. The van der Waals surface area contributed by atoms with Crippen molar-refractivity contribution in [1.82, 2.24) is 5.32 Å². The van der Waals surface area contributed by atoms with Gasteiger partial charge in [0.1, 0.15) is 11.6 Å². The minimum atomic E-state index is -0.264. The fourth-order valence-corrected chi connectivity index (χ4v) is 2.28. The lowest BCUT2D eigenvalue weighted by Crippen LogP contribution is -2.31. The van der Waals surface area contributed by atoms with Crippen LogP contribution in [0.2, 0.25) is 5.02 Å². The predicted molar refractivity (Wildman–Crippen MR) is 89.6 cm³/mol. The maximum absolute atomic E-state index is 12.8. The van der Waals surface area contributed by atoms with Gasteiger partial charge < -0.3 is 15.4 Å². The van der Waals surface area contributed by atoms with Gasteiger partial charge in [0.2, 0.25) is 5.91 Å². The maximum atomic E-state index is 12.8. The first-order valence-electron chi connectivity index (χ1n) is 7.17. The van der Waals surface area contributed by atoms with Gasteiger partial charge in [-0.3, -0.25) is 4.79 Å². The molecule has 0 unspecified atom stereocenters. The van der Waals surface area contributed by atoms with Crippen molar-refractivity contribution in [2.45, 2.75) is 6.42 Å². The van der Waals surface area contributed by atoms with Crippen LogP contribution >= 0.6 is 11.6 Å². The number of carbonyl (C=O) groups excluding carboxylic acids is 1. The van der Waals surface area contributed by atoms with E-state index in [1.165, 1.54) is 12.1 Å². The van der Waals surface area contributed by atoms with Gasteiger partial charge in [-0.25, -0.2) is 4.39 Å². The van der Waals surface area contributed by atoms with Gasteiger partial charge in [-0.05, 0) is 42.3 Å². The molecule has 122 valence electrons. The van der Waals surface area contributed by atoms with Crippen LogP contribution in [-0.2, 0) is 11.2 Å². The molecule has 1 amide bonds. The summed E-state index contributed by atoms with van der Waals surface area (Å²) in [5.41, 5.74) is 1.71. The molecule has 2 rings (SSSR count). The molecule has 2 aromatic rings. The molecule has 0 aliphatic rings. The molecule has 0 saturated heterocycles. The molecule has 0 heterocycles. The van der Waals surface area contributed by atoms with Gasteiger partial charge in [-0.15, -0.1) is 0 Å². The molecule has 23 heavy (non-hydrogen) atoms. The lowest BCUT2D eigenvalue weighted by Gasteiger charge is -2.09. The summed E-state index contributed by atoms with van der Waals surface area (Å²) in [6.07, 6.45) is 0.653. The number of rotatable bonds is 7. The zero-order valence-electron chi connectivity index (χ0n) is 12.7. The number of hydrogen-bond acceptors (Lipinski definition) is 3. The molecule has 0 atom stereocenters. The Hall–Kier alpha value is -2.27. The molecule has 0 aromatic heterocycles. The standard InChI is InChI=1S/C17H18ClFN2O2/c1-23-16-7-6-14(10-15(16)18)21-11-17(22)20-9-8-12-2-4-13(19)5-3-12/h2-7,10,21H,8-9,11H2,1H3,(H,20,22). The van der Waals surface area contributed by atoms with Crippen LogP contribution in [0.15, 0.2) is 42.5 Å². The lowest BCUT2D eigenvalue weighted by atomic mass is 10.1. The Morgan fingerprint density at radius 3 is 2.61 bits per heavy atom. The number of nitrogens with one attached hydrogen (secondary N) is 2. The second-order valence-corrected chi connectivity index (χ2v) is 5.34. The number of benzene rings is 2. The van der Waals surface area contributed by atoms with Crippen molar-refractivity contribution < 1.29 is 13.9 Å². The van der Waals surface area contributed by atoms with Crippen LogP contribution in [0.5, 0.6) is 5.75 Å². The highest BCUT2D eigenvalue weighted by Gasteiger charge is 2.04. The van der Waals surface area contributed by atoms with Gasteiger partial charge in [0.25, 0.3) is 0 Å². The molecular formula is C17H18ClFN2O2. The number of hydrogen-bond donors (Lipinski definition) is 2. The Morgan fingerprint density at radius 2 is 1.96 bits per heavy atom. The molecule has 0 aliphatic carbocycles. The van der Waals surface area contributed by atoms with Crippen LogP contribution in [0, 0.1) is 5.82 Å². The summed E-state index contributed by atoms with van der Waals surface area (Å²) in [5, 5.41) is 6.27. The monoisotopic (exact) mass is 336 g/mol. The molecule has 0 saturated carbocycles. The molecule has 0 bridgehead atoms. The number of methoxy groups -OCH3 is 1. The molecule has 6 heteroatoms. The van der Waals surface area contributed by atoms with E-state index in [-0.39, 0.29) is 18.3 Å². The van der Waals surface area contributed by atoms with Crippen molar-refractivity contribution in [3.8, 4) is 5.75 Å². The third kappa shape index (κ3) is 5.45. The molecule has 4 nitrogen and oxygen atoms in total. The van der Waals surface area contributed by atoms with Crippen LogP contribution in [0.25, 0.3) is 0 Å². The Kier molecular flexibility index (Phi) is 6.23. The third-order valence-electron chi connectivity index (χ3n) is 3.25. The van der Waals surface area contributed by atoms with Crippen molar-refractivity contribution in [3.63, 3.8) is 0 Å². The first kappa shape index (κ1) is 17.1. The summed E-state index contributed by atoms with van der Waals surface area (Å²) in [7, 11) is 1.54. The van der Waals surface area contributed by atoms with E-state index in [0.29, 0.717) is 23.7 Å². The summed E-state index contributed by atoms with van der Waals surface area (Å²) < 4.78 is 17.8. The molecule has 0 aliphatic heterocycles. The highest BCUT2D eigenvalue weighted by Crippen LogP contribution is 2.26. The topological polar surface area (TPSA) is 50.4 Å². The van der Waals surface area contributed by atoms with Gasteiger partial charge in [0.05, 0.1) is 18.7 Å². The van der Waals surface area contributed by atoms with E-state index in [1.54, 1.807) is 37.4 Å². The summed E-state index contributed by atoms with van der Waals surface area (Å²) in [4.78, 5) is 11.8. The minimum Gasteiger partial charge on any atom is -0.495 e.